The molecule has 0 amide bonds. The van der Waals surface area contributed by atoms with Crippen molar-refractivity contribution in [1.82, 2.24) is 5.32 Å². The molecule has 0 spiro atoms. The predicted octanol–water partition coefficient (Wildman–Crippen LogP) is -1.06. The molecular weight excluding hydrogens is 246 g/mol. The van der Waals surface area contributed by atoms with Gasteiger partial charge in [-0.05, 0) is 18.2 Å². The van der Waals surface area contributed by atoms with Crippen molar-refractivity contribution in [2.45, 2.75) is 12.2 Å². The zero-order valence-corrected chi connectivity index (χ0v) is 9.09. The van der Waals surface area contributed by atoms with Crippen LogP contribution in [0.5, 0.6) is 0 Å². The SMILES string of the molecule is O=C(O)C(O)C(O)C(=O)O.OC1=CC=CNC=C1. The normalized spacial score (nSPS) is 16.2. The smallest absolute Gasteiger partial charge is 0.335 e. The molecule has 1 rings (SSSR count). The summed E-state index contributed by atoms with van der Waals surface area (Å²) in [5.41, 5.74) is 0. The number of aliphatic hydroxyl groups is 3. The van der Waals surface area contributed by atoms with Gasteiger partial charge in [-0.2, -0.15) is 0 Å². The minimum absolute atomic E-state index is 0.270. The van der Waals surface area contributed by atoms with Crippen LogP contribution in [0.25, 0.3) is 0 Å². The highest BCUT2D eigenvalue weighted by Gasteiger charge is 2.29. The summed E-state index contributed by atoms with van der Waals surface area (Å²) in [6.07, 6.45) is 3.79. The number of carboxylic acids is 2. The van der Waals surface area contributed by atoms with Crippen molar-refractivity contribution in [2.24, 2.45) is 0 Å². The molecule has 1 aliphatic heterocycles. The van der Waals surface area contributed by atoms with Crippen molar-refractivity contribution in [2.75, 3.05) is 0 Å². The lowest BCUT2D eigenvalue weighted by atomic mass is 10.2. The van der Waals surface area contributed by atoms with Crippen LogP contribution in [0.2, 0.25) is 0 Å². The highest BCUT2D eigenvalue weighted by molar-refractivity contribution is 5.83. The number of allylic oxidation sites excluding steroid dienone is 3. The molecule has 0 aliphatic carbocycles. The molecule has 0 aromatic rings. The molecule has 2 unspecified atom stereocenters. The van der Waals surface area contributed by atoms with Crippen LogP contribution in [0.3, 0.4) is 0 Å². The van der Waals surface area contributed by atoms with Gasteiger partial charge < -0.3 is 30.8 Å². The van der Waals surface area contributed by atoms with E-state index in [1.165, 1.54) is 0 Å². The van der Waals surface area contributed by atoms with Gasteiger partial charge in [0.1, 0.15) is 5.76 Å². The molecule has 100 valence electrons. The van der Waals surface area contributed by atoms with Crippen LogP contribution in [0.15, 0.2) is 36.4 Å². The first-order valence-electron chi connectivity index (χ1n) is 4.66. The Bertz CT molecular complexity index is 368. The fourth-order valence-corrected chi connectivity index (χ4v) is 0.717. The molecule has 8 nitrogen and oxygen atoms in total. The number of rotatable bonds is 3. The van der Waals surface area contributed by atoms with Crippen LogP contribution < -0.4 is 5.32 Å². The maximum atomic E-state index is 9.77. The Morgan fingerprint density at radius 2 is 1.56 bits per heavy atom. The third-order valence-electron chi connectivity index (χ3n) is 1.61. The quantitative estimate of drug-likeness (QED) is 0.375. The summed E-state index contributed by atoms with van der Waals surface area (Å²) in [6, 6.07) is 0. The summed E-state index contributed by atoms with van der Waals surface area (Å²) in [6.45, 7) is 0. The molecule has 1 aliphatic rings. The Labute approximate surface area is 102 Å². The topological polar surface area (TPSA) is 147 Å². The summed E-state index contributed by atoms with van der Waals surface area (Å²) in [5, 5.41) is 44.1. The molecule has 0 radical (unpaired) electrons. The monoisotopic (exact) mass is 259 g/mol. The second kappa shape index (κ2) is 7.87. The summed E-state index contributed by atoms with van der Waals surface area (Å²) in [7, 11) is 0. The number of aliphatic hydroxyl groups excluding tert-OH is 3. The molecule has 8 heteroatoms. The van der Waals surface area contributed by atoms with Crippen molar-refractivity contribution >= 4 is 11.9 Å². The van der Waals surface area contributed by atoms with Crippen molar-refractivity contribution in [3.63, 3.8) is 0 Å². The largest absolute Gasteiger partial charge is 0.508 e. The summed E-state index contributed by atoms with van der Waals surface area (Å²) < 4.78 is 0. The minimum Gasteiger partial charge on any atom is -0.508 e. The fourth-order valence-electron chi connectivity index (χ4n) is 0.717. The number of hydrogen-bond acceptors (Lipinski definition) is 6. The van der Waals surface area contributed by atoms with Crippen LogP contribution >= 0.6 is 0 Å². The van der Waals surface area contributed by atoms with Crippen molar-refractivity contribution in [1.29, 1.82) is 0 Å². The van der Waals surface area contributed by atoms with E-state index in [0.717, 1.165) is 0 Å². The molecule has 6 N–H and O–H groups in total. The Hall–Kier alpha value is -2.32. The second-order valence-electron chi connectivity index (χ2n) is 3.02. The fraction of sp³-hybridized carbons (Fsp3) is 0.200. The highest BCUT2D eigenvalue weighted by Crippen LogP contribution is 1.93. The van der Waals surface area contributed by atoms with Gasteiger partial charge in [-0.25, -0.2) is 9.59 Å². The first kappa shape index (κ1) is 15.7. The van der Waals surface area contributed by atoms with Gasteiger partial charge in [0, 0.05) is 12.4 Å². The first-order valence-corrected chi connectivity index (χ1v) is 4.66. The molecule has 0 saturated heterocycles. The van der Waals surface area contributed by atoms with Gasteiger partial charge in [0.15, 0.2) is 12.2 Å². The maximum Gasteiger partial charge on any atom is 0.335 e. The molecule has 2 atom stereocenters. The lowest BCUT2D eigenvalue weighted by Crippen LogP contribution is -2.39. The average molecular weight is 259 g/mol. The van der Waals surface area contributed by atoms with E-state index < -0.39 is 24.1 Å². The van der Waals surface area contributed by atoms with Gasteiger partial charge in [0.25, 0.3) is 0 Å². The number of hydrogen-bond donors (Lipinski definition) is 6. The molecule has 0 aromatic carbocycles. The lowest BCUT2D eigenvalue weighted by molar-refractivity contribution is -0.165. The minimum atomic E-state index is -2.27. The molecule has 0 aromatic heterocycles. The van der Waals surface area contributed by atoms with Gasteiger partial charge in [-0.15, -0.1) is 0 Å². The molecule has 1 heterocycles. The van der Waals surface area contributed by atoms with E-state index in [9.17, 15) is 9.59 Å². The molecular formula is C10H13NO7. The second-order valence-corrected chi connectivity index (χ2v) is 3.02. The van der Waals surface area contributed by atoms with Crippen LogP contribution in [-0.4, -0.2) is 49.7 Å². The van der Waals surface area contributed by atoms with Crippen molar-refractivity contribution < 1.29 is 35.1 Å². The van der Waals surface area contributed by atoms with E-state index in [1.807, 2.05) is 0 Å². The Kier molecular flexibility index (Phi) is 6.86. The van der Waals surface area contributed by atoms with Crippen LogP contribution in [0.1, 0.15) is 0 Å². The standard InChI is InChI=1S/C6H7NO.C4H6O6/c8-6-2-1-4-7-5-3-6;5-1(3(7)8)2(6)4(9)10/h1-5,7-8H;1-2,5-6H,(H,7,8)(H,9,10). The van der Waals surface area contributed by atoms with E-state index in [1.54, 1.807) is 30.6 Å². The van der Waals surface area contributed by atoms with Crippen molar-refractivity contribution in [3.05, 3.63) is 36.4 Å². The van der Waals surface area contributed by atoms with E-state index in [0.29, 0.717) is 0 Å². The van der Waals surface area contributed by atoms with Gasteiger partial charge in [0.05, 0.1) is 0 Å². The van der Waals surface area contributed by atoms with E-state index >= 15 is 0 Å². The van der Waals surface area contributed by atoms with E-state index in [4.69, 9.17) is 25.5 Å². The zero-order valence-electron chi connectivity index (χ0n) is 9.09. The summed E-state index contributed by atoms with van der Waals surface area (Å²) in [4.78, 5) is 19.5. The number of nitrogens with one attached hydrogen (secondary N) is 1. The van der Waals surface area contributed by atoms with Crippen LogP contribution in [0.4, 0.5) is 0 Å². The maximum absolute atomic E-state index is 9.77. The van der Waals surface area contributed by atoms with Crippen LogP contribution in [-0.2, 0) is 9.59 Å². The Morgan fingerprint density at radius 1 is 1.06 bits per heavy atom. The van der Waals surface area contributed by atoms with E-state index in [2.05, 4.69) is 5.32 Å². The third-order valence-corrected chi connectivity index (χ3v) is 1.61. The molecule has 0 bridgehead atoms. The Morgan fingerprint density at radius 3 is 2.00 bits per heavy atom. The summed E-state index contributed by atoms with van der Waals surface area (Å²) in [5.74, 6) is -3.27. The number of carboxylic acid groups (broad SMARTS) is 2. The predicted molar refractivity (Wildman–Crippen MR) is 59.4 cm³/mol. The highest BCUT2D eigenvalue weighted by atomic mass is 16.4. The lowest BCUT2D eigenvalue weighted by Gasteiger charge is -2.07. The molecule has 0 saturated carbocycles. The Balaban J connectivity index is 0.000000327. The molecule has 18 heavy (non-hydrogen) atoms. The average Bonchev–Trinajstić information content (AvgIpc) is 2.55. The van der Waals surface area contributed by atoms with Crippen molar-refractivity contribution in [3.8, 4) is 0 Å². The third kappa shape index (κ3) is 6.30. The summed E-state index contributed by atoms with van der Waals surface area (Å²) >= 11 is 0. The first-order chi connectivity index (χ1) is 8.36. The van der Waals surface area contributed by atoms with Crippen LogP contribution in [0, 0.1) is 0 Å². The number of aliphatic carboxylic acids is 2. The number of carbonyl (C=O) groups is 2. The van der Waals surface area contributed by atoms with E-state index in [-0.39, 0.29) is 5.76 Å². The van der Waals surface area contributed by atoms with Gasteiger partial charge in [-0.3, -0.25) is 0 Å². The molecule has 0 fully saturated rings. The van der Waals surface area contributed by atoms with Gasteiger partial charge in [0.2, 0.25) is 0 Å². The van der Waals surface area contributed by atoms with Gasteiger partial charge >= 0.3 is 11.9 Å². The van der Waals surface area contributed by atoms with Gasteiger partial charge in [-0.1, -0.05) is 0 Å². The zero-order chi connectivity index (χ0) is 14.1.